The van der Waals surface area contributed by atoms with Gasteiger partial charge >= 0.3 is 5.97 Å². The number of esters is 1. The normalized spacial score (nSPS) is 20.7. The predicted molar refractivity (Wildman–Crippen MR) is 101 cm³/mol. The zero-order valence-corrected chi connectivity index (χ0v) is 16.4. The average molecular weight is 364 g/mol. The molecule has 1 saturated carbocycles. The van der Waals surface area contributed by atoms with Crippen molar-refractivity contribution >= 4 is 11.9 Å². The van der Waals surface area contributed by atoms with Gasteiger partial charge in [0.25, 0.3) is 0 Å². The standard InChI is InChI=1S/C19H32N4O3/c1-5-20-19(21-12-11-17-13(3)23-26-14(17)4)22-16-9-7-15(8-10-16)18(24)25-6-2/h15-16H,5-12H2,1-4H3,(H2,20,21,22). The Hall–Kier alpha value is -2.05. The third-order valence-electron chi connectivity index (χ3n) is 4.85. The first-order valence-corrected chi connectivity index (χ1v) is 9.68. The number of nitrogens with one attached hydrogen (secondary N) is 2. The number of hydrogen-bond donors (Lipinski definition) is 2. The monoisotopic (exact) mass is 364 g/mol. The first kappa shape index (κ1) is 20.3. The van der Waals surface area contributed by atoms with Gasteiger partial charge in [-0.25, -0.2) is 0 Å². The first-order valence-electron chi connectivity index (χ1n) is 9.68. The van der Waals surface area contributed by atoms with E-state index in [9.17, 15) is 4.79 Å². The summed E-state index contributed by atoms with van der Waals surface area (Å²) in [6, 6.07) is 0.345. The van der Waals surface area contributed by atoms with Crippen LogP contribution >= 0.6 is 0 Å². The highest BCUT2D eigenvalue weighted by molar-refractivity contribution is 5.80. The fraction of sp³-hybridized carbons (Fsp3) is 0.737. The van der Waals surface area contributed by atoms with Crippen LogP contribution in [0.15, 0.2) is 9.52 Å². The Labute approximate surface area is 156 Å². The number of ether oxygens (including phenoxy) is 1. The van der Waals surface area contributed by atoms with Gasteiger partial charge in [-0.15, -0.1) is 0 Å². The number of rotatable bonds is 7. The lowest BCUT2D eigenvalue weighted by Crippen LogP contribution is -2.45. The Balaban J connectivity index is 1.83. The molecule has 0 aliphatic heterocycles. The second kappa shape index (κ2) is 10.2. The minimum atomic E-state index is -0.0500. The number of guanidine groups is 1. The summed E-state index contributed by atoms with van der Waals surface area (Å²) < 4.78 is 10.3. The average Bonchev–Trinajstić information content (AvgIpc) is 2.94. The zero-order chi connectivity index (χ0) is 18.9. The van der Waals surface area contributed by atoms with Crippen molar-refractivity contribution in [1.82, 2.24) is 15.8 Å². The Morgan fingerprint density at radius 2 is 2.00 bits per heavy atom. The summed E-state index contributed by atoms with van der Waals surface area (Å²) in [6.07, 6.45) is 4.47. The maximum Gasteiger partial charge on any atom is 0.308 e. The zero-order valence-electron chi connectivity index (χ0n) is 16.4. The van der Waals surface area contributed by atoms with Gasteiger partial charge in [-0.1, -0.05) is 5.16 Å². The summed E-state index contributed by atoms with van der Waals surface area (Å²) in [5.41, 5.74) is 2.08. The molecule has 0 unspecified atom stereocenters. The van der Waals surface area contributed by atoms with Crippen molar-refractivity contribution in [2.45, 2.75) is 65.8 Å². The lowest BCUT2D eigenvalue weighted by atomic mass is 9.86. The van der Waals surface area contributed by atoms with Crippen LogP contribution in [0.25, 0.3) is 0 Å². The van der Waals surface area contributed by atoms with Gasteiger partial charge in [0.05, 0.1) is 18.2 Å². The van der Waals surface area contributed by atoms with Crippen molar-refractivity contribution in [1.29, 1.82) is 0 Å². The van der Waals surface area contributed by atoms with E-state index in [1.54, 1.807) is 0 Å². The SMILES string of the molecule is CCNC(=NCCc1c(C)noc1C)NC1CCC(C(=O)OCC)CC1. The van der Waals surface area contributed by atoms with E-state index in [1.807, 2.05) is 20.8 Å². The van der Waals surface area contributed by atoms with E-state index in [1.165, 1.54) is 0 Å². The molecule has 0 saturated heterocycles. The van der Waals surface area contributed by atoms with Crippen LogP contribution in [0.5, 0.6) is 0 Å². The maximum absolute atomic E-state index is 11.8. The van der Waals surface area contributed by atoms with Crippen molar-refractivity contribution in [3.05, 3.63) is 17.0 Å². The molecular weight excluding hydrogens is 332 g/mol. The molecule has 1 aliphatic rings. The molecule has 1 aliphatic carbocycles. The van der Waals surface area contributed by atoms with Crippen LogP contribution in [0, 0.1) is 19.8 Å². The van der Waals surface area contributed by atoms with Crippen LogP contribution in [0.2, 0.25) is 0 Å². The largest absolute Gasteiger partial charge is 0.466 e. The number of aryl methyl sites for hydroxylation is 2. The Morgan fingerprint density at radius 3 is 2.58 bits per heavy atom. The molecule has 2 rings (SSSR count). The van der Waals surface area contributed by atoms with Crippen LogP contribution in [0.4, 0.5) is 0 Å². The van der Waals surface area contributed by atoms with Crippen molar-refractivity contribution in [3.8, 4) is 0 Å². The molecule has 1 fully saturated rings. The Morgan fingerprint density at radius 1 is 1.27 bits per heavy atom. The van der Waals surface area contributed by atoms with E-state index in [4.69, 9.17) is 9.26 Å². The van der Waals surface area contributed by atoms with E-state index >= 15 is 0 Å². The van der Waals surface area contributed by atoms with Gasteiger partial charge in [0.1, 0.15) is 5.76 Å². The molecule has 1 heterocycles. The summed E-state index contributed by atoms with van der Waals surface area (Å²) >= 11 is 0. The highest BCUT2D eigenvalue weighted by atomic mass is 16.5. The third-order valence-corrected chi connectivity index (χ3v) is 4.85. The third kappa shape index (κ3) is 5.75. The van der Waals surface area contributed by atoms with Gasteiger partial charge in [0.2, 0.25) is 0 Å². The molecule has 0 atom stereocenters. The summed E-state index contributed by atoms with van der Waals surface area (Å²) in [5.74, 6) is 1.70. The van der Waals surface area contributed by atoms with Gasteiger partial charge in [-0.3, -0.25) is 9.79 Å². The molecule has 1 aromatic heterocycles. The predicted octanol–water partition coefficient (Wildman–Crippen LogP) is 2.51. The summed E-state index contributed by atoms with van der Waals surface area (Å²) in [7, 11) is 0. The summed E-state index contributed by atoms with van der Waals surface area (Å²) in [6.45, 7) is 9.76. The first-order chi connectivity index (χ1) is 12.5. The molecule has 1 aromatic rings. The topological polar surface area (TPSA) is 88.8 Å². The number of carbonyl (C=O) groups is 1. The van der Waals surface area contributed by atoms with E-state index in [0.29, 0.717) is 19.2 Å². The van der Waals surface area contributed by atoms with Gasteiger partial charge in [-0.05, 0) is 59.8 Å². The van der Waals surface area contributed by atoms with Gasteiger partial charge < -0.3 is 19.9 Å². The van der Waals surface area contributed by atoms with Crippen LogP contribution < -0.4 is 10.6 Å². The van der Waals surface area contributed by atoms with E-state index in [2.05, 4.69) is 27.7 Å². The van der Waals surface area contributed by atoms with Crippen molar-refractivity contribution in [3.63, 3.8) is 0 Å². The lowest BCUT2D eigenvalue weighted by Gasteiger charge is -2.29. The minimum Gasteiger partial charge on any atom is -0.466 e. The van der Waals surface area contributed by atoms with Crippen molar-refractivity contribution in [2.24, 2.45) is 10.9 Å². The molecule has 0 aromatic carbocycles. The molecule has 0 radical (unpaired) electrons. The number of carbonyl (C=O) groups excluding carboxylic acids is 1. The molecule has 146 valence electrons. The van der Waals surface area contributed by atoms with Gasteiger partial charge in [0.15, 0.2) is 5.96 Å². The second-order valence-corrected chi connectivity index (χ2v) is 6.76. The second-order valence-electron chi connectivity index (χ2n) is 6.76. The Kier molecular flexibility index (Phi) is 7.94. The van der Waals surface area contributed by atoms with Crippen LogP contribution in [0.3, 0.4) is 0 Å². The molecule has 7 heteroatoms. The number of aliphatic imine (C=N–C) groups is 1. The fourth-order valence-electron chi connectivity index (χ4n) is 3.39. The molecule has 0 amide bonds. The van der Waals surface area contributed by atoms with Gasteiger partial charge in [0, 0.05) is 24.7 Å². The highest BCUT2D eigenvalue weighted by Gasteiger charge is 2.27. The molecule has 0 bridgehead atoms. The molecule has 26 heavy (non-hydrogen) atoms. The van der Waals surface area contributed by atoms with E-state index in [0.717, 1.165) is 61.6 Å². The van der Waals surface area contributed by atoms with Crippen LogP contribution in [0.1, 0.15) is 56.5 Å². The quantitative estimate of drug-likeness (QED) is 0.439. The molecule has 2 N–H and O–H groups in total. The van der Waals surface area contributed by atoms with E-state index in [-0.39, 0.29) is 11.9 Å². The van der Waals surface area contributed by atoms with Crippen molar-refractivity contribution in [2.75, 3.05) is 19.7 Å². The summed E-state index contributed by atoms with van der Waals surface area (Å²) in [4.78, 5) is 16.5. The van der Waals surface area contributed by atoms with Crippen LogP contribution in [-0.4, -0.2) is 42.8 Å². The van der Waals surface area contributed by atoms with Crippen molar-refractivity contribution < 1.29 is 14.1 Å². The molecule has 7 nitrogen and oxygen atoms in total. The van der Waals surface area contributed by atoms with E-state index < -0.39 is 0 Å². The number of hydrogen-bond acceptors (Lipinski definition) is 5. The molecular formula is C19H32N4O3. The minimum absolute atomic E-state index is 0.0482. The summed E-state index contributed by atoms with van der Waals surface area (Å²) in [5, 5.41) is 10.8. The Bertz CT molecular complexity index is 584. The van der Waals surface area contributed by atoms with Gasteiger partial charge in [-0.2, -0.15) is 0 Å². The lowest BCUT2D eigenvalue weighted by molar-refractivity contribution is -0.149. The number of aromatic nitrogens is 1. The fourth-order valence-corrected chi connectivity index (χ4v) is 3.39. The molecule has 0 spiro atoms. The highest BCUT2D eigenvalue weighted by Crippen LogP contribution is 2.25. The van der Waals surface area contributed by atoms with Crippen LogP contribution in [-0.2, 0) is 16.0 Å². The number of nitrogens with zero attached hydrogens (tertiary/aromatic N) is 2. The maximum atomic E-state index is 11.8. The smallest absolute Gasteiger partial charge is 0.308 e.